The number of nitrogens with zero attached hydrogens (tertiary/aromatic N) is 1. The lowest BCUT2D eigenvalue weighted by molar-refractivity contribution is -0.114. The van der Waals surface area contributed by atoms with Gasteiger partial charge in [0.25, 0.3) is 5.91 Å². The van der Waals surface area contributed by atoms with Gasteiger partial charge in [-0.2, -0.15) is 0 Å². The van der Waals surface area contributed by atoms with Crippen molar-refractivity contribution in [3.8, 4) is 0 Å². The van der Waals surface area contributed by atoms with Gasteiger partial charge in [0.05, 0.1) is 22.9 Å². The first kappa shape index (κ1) is 23.1. The normalized spacial score (nSPS) is 16.7. The largest absolute Gasteiger partial charge is 0.459 e. The van der Waals surface area contributed by atoms with E-state index in [-0.39, 0.29) is 31.1 Å². The molecule has 7 nitrogen and oxygen atoms in total. The summed E-state index contributed by atoms with van der Waals surface area (Å²) in [5.74, 6) is -1.14. The van der Waals surface area contributed by atoms with Crippen molar-refractivity contribution in [2.45, 2.75) is 28.7 Å². The van der Waals surface area contributed by atoms with Crippen LogP contribution in [-0.4, -0.2) is 43.6 Å². The van der Waals surface area contributed by atoms with Crippen molar-refractivity contribution in [2.24, 2.45) is 0 Å². The average molecular weight is 489 g/mol. The van der Waals surface area contributed by atoms with Gasteiger partial charge in [0.2, 0.25) is 5.91 Å². The number of fused-ring (bicyclic) bond motifs is 2. The van der Waals surface area contributed by atoms with Gasteiger partial charge in [0, 0.05) is 22.1 Å². The van der Waals surface area contributed by atoms with E-state index in [9.17, 15) is 14.4 Å². The van der Waals surface area contributed by atoms with E-state index in [2.05, 4.69) is 5.32 Å². The minimum absolute atomic E-state index is 0.0791. The maximum Gasteiger partial charge on any atom is 0.338 e. The molecule has 1 atom stereocenters. The zero-order valence-corrected chi connectivity index (χ0v) is 19.8. The summed E-state index contributed by atoms with van der Waals surface area (Å²) in [5.41, 5.74) is 1.95. The molecule has 3 aromatic carbocycles. The van der Waals surface area contributed by atoms with Crippen molar-refractivity contribution in [3.63, 3.8) is 0 Å². The molecule has 178 valence electrons. The molecule has 2 heterocycles. The third-order valence-electron chi connectivity index (χ3n) is 5.85. The number of carbonyl (C=O) groups is 3. The van der Waals surface area contributed by atoms with Crippen molar-refractivity contribution < 1.29 is 23.9 Å². The Morgan fingerprint density at radius 3 is 2.63 bits per heavy atom. The summed E-state index contributed by atoms with van der Waals surface area (Å²) in [6, 6.07) is 21.5. The Labute approximate surface area is 207 Å². The van der Waals surface area contributed by atoms with Gasteiger partial charge in [0.1, 0.15) is 13.2 Å². The lowest BCUT2D eigenvalue weighted by Gasteiger charge is -2.23. The number of rotatable bonds is 6. The number of hydrogen-bond donors (Lipinski definition) is 1. The van der Waals surface area contributed by atoms with Crippen LogP contribution in [0.1, 0.15) is 33.6 Å². The van der Waals surface area contributed by atoms with Gasteiger partial charge in [-0.3, -0.25) is 14.5 Å². The molecule has 0 aromatic heterocycles. The molecule has 5 rings (SSSR count). The lowest BCUT2D eigenvalue weighted by Crippen LogP contribution is -2.38. The Bertz CT molecular complexity index is 1260. The Balaban J connectivity index is 1.43. The van der Waals surface area contributed by atoms with E-state index >= 15 is 0 Å². The number of hydrogen-bond acceptors (Lipinski definition) is 6. The van der Waals surface area contributed by atoms with E-state index in [1.165, 1.54) is 16.7 Å². The number of para-hydroxylation sites is 1. The van der Waals surface area contributed by atoms with Crippen molar-refractivity contribution in [2.75, 3.05) is 30.0 Å². The van der Waals surface area contributed by atoms with E-state index < -0.39 is 5.97 Å². The summed E-state index contributed by atoms with van der Waals surface area (Å²) >= 11 is 1.43. The first-order valence-electron chi connectivity index (χ1n) is 11.4. The molecule has 0 radical (unpaired) electrons. The third-order valence-corrected chi connectivity index (χ3v) is 6.99. The van der Waals surface area contributed by atoms with Crippen molar-refractivity contribution in [1.82, 2.24) is 0 Å². The fourth-order valence-electron chi connectivity index (χ4n) is 4.10. The van der Waals surface area contributed by atoms with Crippen LogP contribution in [0.2, 0.25) is 0 Å². The zero-order chi connectivity index (χ0) is 24.2. The molecular weight excluding hydrogens is 464 g/mol. The van der Waals surface area contributed by atoms with Gasteiger partial charge >= 0.3 is 5.97 Å². The number of anilines is 2. The summed E-state index contributed by atoms with van der Waals surface area (Å²) < 4.78 is 11.0. The lowest BCUT2D eigenvalue weighted by atomic mass is 10.1. The molecule has 0 aliphatic carbocycles. The van der Waals surface area contributed by atoms with Crippen LogP contribution in [0.4, 0.5) is 11.4 Å². The Kier molecular flexibility index (Phi) is 6.83. The highest BCUT2D eigenvalue weighted by molar-refractivity contribution is 7.99. The summed E-state index contributed by atoms with van der Waals surface area (Å²) in [7, 11) is 0. The van der Waals surface area contributed by atoms with Crippen molar-refractivity contribution >= 4 is 40.9 Å². The molecular formula is C27H24N2O5S. The van der Waals surface area contributed by atoms with E-state index in [1.807, 2.05) is 30.3 Å². The molecule has 1 unspecified atom stereocenters. The fraction of sp³-hybridized carbons (Fsp3) is 0.222. The van der Waals surface area contributed by atoms with Gasteiger partial charge in [-0.05, 0) is 55.3 Å². The number of esters is 1. The van der Waals surface area contributed by atoms with Gasteiger partial charge in [-0.15, -0.1) is 0 Å². The predicted octanol–water partition coefficient (Wildman–Crippen LogP) is 4.77. The molecule has 0 bridgehead atoms. The first-order valence-corrected chi connectivity index (χ1v) is 12.3. The summed E-state index contributed by atoms with van der Waals surface area (Å²) in [6.07, 6.45) is 1.75. The number of nitrogens with one attached hydrogen (secondary N) is 1. The van der Waals surface area contributed by atoms with Gasteiger partial charge in [-0.25, -0.2) is 4.79 Å². The van der Waals surface area contributed by atoms with Crippen LogP contribution in [-0.2, 0) is 14.3 Å². The summed E-state index contributed by atoms with van der Waals surface area (Å²) in [5, 5.41) is 2.83. The molecule has 0 saturated carbocycles. The summed E-state index contributed by atoms with van der Waals surface area (Å²) in [4.78, 5) is 42.2. The minimum atomic E-state index is -0.490. The van der Waals surface area contributed by atoms with Gasteiger partial charge in [0.15, 0.2) is 0 Å². The van der Waals surface area contributed by atoms with Gasteiger partial charge < -0.3 is 14.8 Å². The number of benzene rings is 3. The molecule has 8 heteroatoms. The molecule has 1 fully saturated rings. The highest BCUT2D eigenvalue weighted by Gasteiger charge is 2.30. The standard InChI is InChI=1S/C27H24N2O5S/c30-25(28-19-7-2-1-3-8-19)16-29-22-15-18(27(32)34-17-20-9-6-14-33-20)12-13-24(22)35-23-11-5-4-10-21(23)26(29)31/h1-5,7-8,10-13,15,20H,6,9,14,16-17H2,(H,28,30). The molecule has 3 aromatic rings. The monoisotopic (exact) mass is 488 g/mol. The number of amides is 2. The quantitative estimate of drug-likeness (QED) is 0.503. The molecule has 2 aliphatic rings. The number of ether oxygens (including phenoxy) is 2. The van der Waals surface area contributed by atoms with E-state index in [4.69, 9.17) is 9.47 Å². The maximum atomic E-state index is 13.6. The van der Waals surface area contributed by atoms with Crippen molar-refractivity contribution in [1.29, 1.82) is 0 Å². The minimum Gasteiger partial charge on any atom is -0.459 e. The van der Waals surface area contributed by atoms with Crippen molar-refractivity contribution in [3.05, 3.63) is 83.9 Å². The second kappa shape index (κ2) is 10.3. The Morgan fingerprint density at radius 1 is 1.03 bits per heavy atom. The molecule has 2 amide bonds. The molecule has 1 saturated heterocycles. The Morgan fingerprint density at radius 2 is 1.83 bits per heavy atom. The highest BCUT2D eigenvalue weighted by atomic mass is 32.2. The SMILES string of the molecule is O=C(CN1C(=O)c2ccccc2Sc2ccc(C(=O)OCC3CCCO3)cc21)Nc1ccccc1. The molecule has 0 spiro atoms. The van der Waals surface area contributed by atoms with Crippen LogP contribution in [0, 0.1) is 0 Å². The van der Waals surface area contributed by atoms with Crippen LogP contribution in [0.3, 0.4) is 0 Å². The smallest absolute Gasteiger partial charge is 0.338 e. The highest BCUT2D eigenvalue weighted by Crippen LogP contribution is 2.41. The topological polar surface area (TPSA) is 84.9 Å². The molecule has 35 heavy (non-hydrogen) atoms. The molecule has 1 N–H and O–H groups in total. The van der Waals surface area contributed by atoms with Crippen LogP contribution < -0.4 is 10.2 Å². The fourth-order valence-corrected chi connectivity index (χ4v) is 5.16. The first-order chi connectivity index (χ1) is 17.1. The van der Waals surface area contributed by atoms with E-state index in [1.54, 1.807) is 42.5 Å². The molecule has 2 aliphatic heterocycles. The maximum absolute atomic E-state index is 13.6. The third kappa shape index (κ3) is 5.23. The van der Waals surface area contributed by atoms with E-state index in [0.717, 1.165) is 22.6 Å². The number of carbonyl (C=O) groups excluding carboxylic acids is 3. The summed E-state index contributed by atoms with van der Waals surface area (Å²) in [6.45, 7) is 0.670. The van der Waals surface area contributed by atoms with Crippen LogP contribution in [0.5, 0.6) is 0 Å². The van der Waals surface area contributed by atoms with Crippen LogP contribution in [0.15, 0.2) is 82.6 Å². The predicted molar refractivity (Wildman–Crippen MR) is 133 cm³/mol. The Hall–Kier alpha value is -3.62. The second-order valence-corrected chi connectivity index (χ2v) is 9.40. The second-order valence-electron chi connectivity index (χ2n) is 8.32. The average Bonchev–Trinajstić information content (AvgIpc) is 3.37. The van der Waals surface area contributed by atoms with Crippen LogP contribution in [0.25, 0.3) is 0 Å². The van der Waals surface area contributed by atoms with E-state index in [0.29, 0.717) is 29.1 Å². The van der Waals surface area contributed by atoms with Crippen LogP contribution >= 0.6 is 11.8 Å². The van der Waals surface area contributed by atoms with Gasteiger partial charge in [-0.1, -0.05) is 42.1 Å². The zero-order valence-electron chi connectivity index (χ0n) is 18.9.